The fourth-order valence-electron chi connectivity index (χ4n) is 1.44. The van der Waals surface area contributed by atoms with Crippen molar-refractivity contribution in [3.05, 3.63) is 16.1 Å². The van der Waals surface area contributed by atoms with Crippen LogP contribution in [0.5, 0.6) is 0 Å². The van der Waals surface area contributed by atoms with Crippen LogP contribution in [0.25, 0.3) is 0 Å². The van der Waals surface area contributed by atoms with E-state index in [1.807, 2.05) is 6.92 Å². The first-order valence-corrected chi connectivity index (χ1v) is 7.45. The van der Waals surface area contributed by atoms with Crippen LogP contribution < -0.4 is 5.32 Å². The molecule has 0 spiro atoms. The highest BCUT2D eigenvalue weighted by molar-refractivity contribution is 7.09. The summed E-state index contributed by atoms with van der Waals surface area (Å²) in [4.78, 5) is 16.2. The van der Waals surface area contributed by atoms with E-state index in [9.17, 15) is 4.79 Å². The highest BCUT2D eigenvalue weighted by atomic mass is 32.1. The monoisotopic (exact) mass is 268 g/mol. The summed E-state index contributed by atoms with van der Waals surface area (Å²) in [6.45, 7) is 10.6. The van der Waals surface area contributed by atoms with Gasteiger partial charge in [-0.3, -0.25) is 4.79 Å². The minimum atomic E-state index is 0.0910. The van der Waals surface area contributed by atoms with Gasteiger partial charge in [0.05, 0.1) is 10.7 Å². The van der Waals surface area contributed by atoms with Gasteiger partial charge in [0.2, 0.25) is 5.91 Å². The second-order valence-electron chi connectivity index (χ2n) is 5.75. The van der Waals surface area contributed by atoms with Crippen LogP contribution in [-0.4, -0.2) is 16.9 Å². The minimum absolute atomic E-state index is 0.0910. The summed E-state index contributed by atoms with van der Waals surface area (Å²) in [5.74, 6) is 0.122. The molecule has 1 atom stereocenters. The molecule has 3 nitrogen and oxygen atoms in total. The molecule has 4 heteroatoms. The quantitative estimate of drug-likeness (QED) is 0.890. The summed E-state index contributed by atoms with van der Waals surface area (Å²) in [7, 11) is 0. The summed E-state index contributed by atoms with van der Waals surface area (Å²) in [5.41, 5.74) is 1.21. The van der Waals surface area contributed by atoms with E-state index in [2.05, 4.69) is 43.4 Å². The SMILES string of the molecule is CCC(C)NC(=O)CCc1nc(C(C)(C)C)cs1. The fraction of sp³-hybridized carbons (Fsp3) is 0.714. The van der Waals surface area contributed by atoms with E-state index in [-0.39, 0.29) is 17.4 Å². The summed E-state index contributed by atoms with van der Waals surface area (Å²) in [6, 6.07) is 0.263. The Bertz CT molecular complexity index is 393. The van der Waals surface area contributed by atoms with E-state index >= 15 is 0 Å². The van der Waals surface area contributed by atoms with E-state index in [0.717, 1.165) is 23.5 Å². The van der Waals surface area contributed by atoms with E-state index in [1.165, 1.54) is 0 Å². The lowest BCUT2D eigenvalue weighted by Gasteiger charge is -2.14. The van der Waals surface area contributed by atoms with Crippen molar-refractivity contribution >= 4 is 17.2 Å². The lowest BCUT2D eigenvalue weighted by atomic mass is 9.93. The van der Waals surface area contributed by atoms with Crippen LogP contribution in [0, 0.1) is 0 Å². The molecule has 1 unspecified atom stereocenters. The predicted molar refractivity (Wildman–Crippen MR) is 77.0 cm³/mol. The zero-order chi connectivity index (χ0) is 13.8. The second kappa shape index (κ2) is 6.32. The smallest absolute Gasteiger partial charge is 0.220 e. The standard InChI is InChI=1S/C14H24N2OS/c1-6-10(2)15-12(17)7-8-13-16-11(9-18-13)14(3,4)5/h9-10H,6-8H2,1-5H3,(H,15,17). The molecule has 1 N–H and O–H groups in total. The summed E-state index contributed by atoms with van der Waals surface area (Å²) < 4.78 is 0. The lowest BCUT2D eigenvalue weighted by molar-refractivity contribution is -0.121. The number of hydrogen-bond acceptors (Lipinski definition) is 3. The minimum Gasteiger partial charge on any atom is -0.354 e. The molecule has 18 heavy (non-hydrogen) atoms. The number of amides is 1. The highest BCUT2D eigenvalue weighted by Gasteiger charge is 2.17. The Morgan fingerprint density at radius 1 is 1.50 bits per heavy atom. The Hall–Kier alpha value is -0.900. The third-order valence-corrected chi connectivity index (χ3v) is 3.81. The highest BCUT2D eigenvalue weighted by Crippen LogP contribution is 2.24. The van der Waals surface area contributed by atoms with Gasteiger partial charge < -0.3 is 5.32 Å². The van der Waals surface area contributed by atoms with Gasteiger partial charge in [-0.2, -0.15) is 0 Å². The first-order valence-electron chi connectivity index (χ1n) is 6.57. The molecule has 1 aromatic heterocycles. The van der Waals surface area contributed by atoms with Gasteiger partial charge in [0.1, 0.15) is 0 Å². The van der Waals surface area contributed by atoms with E-state index in [0.29, 0.717) is 6.42 Å². The van der Waals surface area contributed by atoms with Crippen molar-refractivity contribution in [1.29, 1.82) is 0 Å². The molecule has 0 aromatic carbocycles. The first-order chi connectivity index (χ1) is 8.32. The number of aryl methyl sites for hydroxylation is 1. The van der Waals surface area contributed by atoms with Crippen LogP contribution in [0.15, 0.2) is 5.38 Å². The van der Waals surface area contributed by atoms with Crippen molar-refractivity contribution in [2.75, 3.05) is 0 Å². The average molecular weight is 268 g/mol. The van der Waals surface area contributed by atoms with Crippen molar-refractivity contribution in [3.63, 3.8) is 0 Å². The molecule has 0 aliphatic rings. The molecule has 0 saturated heterocycles. The van der Waals surface area contributed by atoms with E-state index < -0.39 is 0 Å². The maximum atomic E-state index is 11.7. The molecule has 1 aromatic rings. The zero-order valence-electron chi connectivity index (χ0n) is 12.0. The van der Waals surface area contributed by atoms with Crippen LogP contribution in [0.2, 0.25) is 0 Å². The molecule has 0 fully saturated rings. The molecule has 1 heterocycles. The number of thiazole rings is 1. The Labute approximate surface area is 114 Å². The molecular weight excluding hydrogens is 244 g/mol. The average Bonchev–Trinajstić information content (AvgIpc) is 2.74. The molecule has 102 valence electrons. The van der Waals surface area contributed by atoms with Gasteiger partial charge in [-0.25, -0.2) is 4.98 Å². The van der Waals surface area contributed by atoms with Crippen molar-refractivity contribution in [2.24, 2.45) is 0 Å². The molecule has 0 saturated carbocycles. The Morgan fingerprint density at radius 3 is 2.67 bits per heavy atom. The van der Waals surface area contributed by atoms with Gasteiger partial charge in [-0.05, 0) is 13.3 Å². The Balaban J connectivity index is 2.45. The molecule has 0 radical (unpaired) electrons. The van der Waals surface area contributed by atoms with Crippen molar-refractivity contribution in [1.82, 2.24) is 10.3 Å². The van der Waals surface area contributed by atoms with Gasteiger partial charge in [-0.15, -0.1) is 11.3 Å². The number of carbonyl (C=O) groups is 1. The maximum Gasteiger partial charge on any atom is 0.220 e. The zero-order valence-corrected chi connectivity index (χ0v) is 12.9. The third kappa shape index (κ3) is 4.77. The van der Waals surface area contributed by atoms with Gasteiger partial charge >= 0.3 is 0 Å². The molecule has 0 bridgehead atoms. The predicted octanol–water partition coefficient (Wildman–Crippen LogP) is 3.29. The van der Waals surface area contributed by atoms with Crippen LogP contribution in [0.4, 0.5) is 0 Å². The summed E-state index contributed by atoms with van der Waals surface area (Å²) >= 11 is 1.65. The Morgan fingerprint density at radius 2 is 2.17 bits per heavy atom. The van der Waals surface area contributed by atoms with Gasteiger partial charge in [0.25, 0.3) is 0 Å². The van der Waals surface area contributed by atoms with E-state index in [1.54, 1.807) is 11.3 Å². The fourth-order valence-corrected chi connectivity index (χ4v) is 2.46. The molecule has 0 aliphatic heterocycles. The summed E-state index contributed by atoms with van der Waals surface area (Å²) in [5, 5.41) is 6.13. The van der Waals surface area contributed by atoms with Gasteiger partial charge in [-0.1, -0.05) is 27.7 Å². The largest absolute Gasteiger partial charge is 0.354 e. The van der Waals surface area contributed by atoms with Crippen molar-refractivity contribution < 1.29 is 4.79 Å². The maximum absolute atomic E-state index is 11.7. The normalized spacial score (nSPS) is 13.4. The molecular formula is C14H24N2OS. The van der Waals surface area contributed by atoms with E-state index in [4.69, 9.17) is 0 Å². The third-order valence-electron chi connectivity index (χ3n) is 2.91. The molecule has 0 aliphatic carbocycles. The van der Waals surface area contributed by atoms with Gasteiger partial charge in [0, 0.05) is 29.7 Å². The summed E-state index contributed by atoms with van der Waals surface area (Å²) in [6.07, 6.45) is 2.24. The van der Waals surface area contributed by atoms with Crippen molar-refractivity contribution in [2.45, 2.75) is 65.3 Å². The van der Waals surface area contributed by atoms with Gasteiger partial charge in [0.15, 0.2) is 0 Å². The van der Waals surface area contributed by atoms with Crippen LogP contribution in [0.3, 0.4) is 0 Å². The number of aromatic nitrogens is 1. The number of hydrogen-bond donors (Lipinski definition) is 1. The van der Waals surface area contributed by atoms with Crippen LogP contribution in [-0.2, 0) is 16.6 Å². The lowest BCUT2D eigenvalue weighted by Crippen LogP contribution is -2.32. The molecule has 1 amide bonds. The topological polar surface area (TPSA) is 42.0 Å². The number of carbonyl (C=O) groups excluding carboxylic acids is 1. The van der Waals surface area contributed by atoms with Crippen LogP contribution >= 0.6 is 11.3 Å². The number of rotatable bonds is 5. The van der Waals surface area contributed by atoms with Crippen LogP contribution in [0.1, 0.15) is 58.2 Å². The first kappa shape index (κ1) is 15.2. The van der Waals surface area contributed by atoms with Crippen molar-refractivity contribution in [3.8, 4) is 0 Å². The second-order valence-corrected chi connectivity index (χ2v) is 6.70. The Kier molecular flexibility index (Phi) is 5.32. The molecule has 1 rings (SSSR count). The number of nitrogens with one attached hydrogen (secondary N) is 1. The number of nitrogens with zero attached hydrogens (tertiary/aromatic N) is 1.